The third-order valence-electron chi connectivity index (χ3n) is 4.86. The van der Waals surface area contributed by atoms with E-state index < -0.39 is 0 Å². The van der Waals surface area contributed by atoms with Crippen molar-refractivity contribution in [1.82, 2.24) is 19.7 Å². The van der Waals surface area contributed by atoms with E-state index in [9.17, 15) is 0 Å². The van der Waals surface area contributed by atoms with Crippen LogP contribution in [0.1, 0.15) is 11.1 Å². The largest absolute Gasteiger partial charge is 0.293 e. The molecular weight excluding hydrogens is 557 g/mol. The SMILES string of the molecule is Cc1cc(-c2ccccc2)cc(C)c1-n1ncnc1-c1[c-]cc2ncsc2c1.[Ir]. The molecule has 5 rings (SSSR count). The van der Waals surface area contributed by atoms with Gasteiger partial charge in [0.2, 0.25) is 0 Å². The molecule has 0 saturated heterocycles. The number of nitrogens with zero attached hydrogens (tertiary/aromatic N) is 4. The van der Waals surface area contributed by atoms with Gasteiger partial charge in [-0.05, 0) is 58.5 Å². The Bertz CT molecular complexity index is 1270. The molecule has 0 N–H and O–H groups in total. The maximum absolute atomic E-state index is 4.53. The third-order valence-corrected chi connectivity index (χ3v) is 5.65. The van der Waals surface area contributed by atoms with Crippen molar-refractivity contribution in [2.45, 2.75) is 13.8 Å². The van der Waals surface area contributed by atoms with E-state index in [1.54, 1.807) is 17.7 Å². The van der Waals surface area contributed by atoms with Gasteiger partial charge in [0.25, 0.3) is 0 Å². The minimum Gasteiger partial charge on any atom is -0.293 e. The van der Waals surface area contributed by atoms with Crippen LogP contribution in [0.2, 0.25) is 0 Å². The Labute approximate surface area is 186 Å². The number of aromatic nitrogens is 4. The van der Waals surface area contributed by atoms with Gasteiger partial charge in [0, 0.05) is 20.1 Å². The monoisotopic (exact) mass is 574 g/mol. The van der Waals surface area contributed by atoms with Crippen LogP contribution in [-0.2, 0) is 20.1 Å². The second-order valence-electron chi connectivity index (χ2n) is 6.77. The average molecular weight is 574 g/mol. The molecule has 0 fully saturated rings. The first-order chi connectivity index (χ1) is 13.7. The van der Waals surface area contributed by atoms with Crippen molar-refractivity contribution < 1.29 is 20.1 Å². The van der Waals surface area contributed by atoms with Crippen LogP contribution in [0.4, 0.5) is 0 Å². The summed E-state index contributed by atoms with van der Waals surface area (Å²) >= 11 is 1.62. The smallest absolute Gasteiger partial charge is 0.127 e. The Morgan fingerprint density at radius 3 is 2.45 bits per heavy atom. The van der Waals surface area contributed by atoms with E-state index in [4.69, 9.17) is 0 Å². The number of hydrogen-bond acceptors (Lipinski definition) is 4. The maximum atomic E-state index is 4.53. The van der Waals surface area contributed by atoms with Crippen LogP contribution in [-0.4, -0.2) is 19.7 Å². The summed E-state index contributed by atoms with van der Waals surface area (Å²) in [6.07, 6.45) is 1.60. The number of thiazole rings is 1. The van der Waals surface area contributed by atoms with E-state index in [2.05, 4.69) is 77.4 Å². The summed E-state index contributed by atoms with van der Waals surface area (Å²) in [5.41, 5.74) is 9.52. The first-order valence-electron chi connectivity index (χ1n) is 9.03. The first kappa shape index (κ1) is 19.6. The topological polar surface area (TPSA) is 43.6 Å². The van der Waals surface area contributed by atoms with Crippen LogP contribution in [0, 0.1) is 19.9 Å². The van der Waals surface area contributed by atoms with Gasteiger partial charge >= 0.3 is 0 Å². The predicted octanol–water partition coefficient (Wildman–Crippen LogP) is 5.63. The quantitative estimate of drug-likeness (QED) is 0.263. The molecule has 0 aliphatic heterocycles. The molecule has 6 heteroatoms. The van der Waals surface area contributed by atoms with Crippen LogP contribution < -0.4 is 0 Å². The van der Waals surface area contributed by atoms with Gasteiger partial charge in [-0.3, -0.25) is 14.6 Å². The predicted molar refractivity (Wildman–Crippen MR) is 114 cm³/mol. The summed E-state index contributed by atoms with van der Waals surface area (Å²) < 4.78 is 3.04. The number of rotatable bonds is 3. The molecule has 3 aromatic carbocycles. The van der Waals surface area contributed by atoms with Crippen molar-refractivity contribution in [2.24, 2.45) is 0 Å². The summed E-state index contributed by atoms with van der Waals surface area (Å²) in [5.74, 6) is 0.786. The van der Waals surface area contributed by atoms with Crippen LogP contribution in [0.3, 0.4) is 0 Å². The number of hydrogen-bond donors (Lipinski definition) is 0. The van der Waals surface area contributed by atoms with Gasteiger partial charge in [-0.1, -0.05) is 30.3 Å². The van der Waals surface area contributed by atoms with Gasteiger partial charge in [0.05, 0.1) is 17.0 Å². The summed E-state index contributed by atoms with van der Waals surface area (Å²) in [6.45, 7) is 4.24. The molecule has 5 aromatic rings. The molecule has 0 atom stereocenters. The van der Waals surface area contributed by atoms with E-state index in [-0.39, 0.29) is 20.1 Å². The molecule has 4 nitrogen and oxygen atoms in total. The average Bonchev–Trinajstić information content (AvgIpc) is 3.37. The Hall–Kier alpha value is -2.66. The van der Waals surface area contributed by atoms with Crippen LogP contribution >= 0.6 is 11.3 Å². The van der Waals surface area contributed by atoms with Crippen molar-refractivity contribution >= 4 is 21.6 Å². The van der Waals surface area contributed by atoms with Gasteiger partial charge in [-0.2, -0.15) is 5.10 Å². The van der Waals surface area contributed by atoms with E-state index in [1.807, 2.05) is 22.3 Å². The molecule has 0 saturated carbocycles. The second-order valence-corrected chi connectivity index (χ2v) is 7.66. The van der Waals surface area contributed by atoms with Crippen molar-refractivity contribution in [2.75, 3.05) is 0 Å². The molecule has 2 aromatic heterocycles. The Morgan fingerprint density at radius 2 is 1.69 bits per heavy atom. The molecule has 2 heterocycles. The van der Waals surface area contributed by atoms with Crippen LogP contribution in [0.15, 0.2) is 66.4 Å². The number of fused-ring (bicyclic) bond motifs is 1. The standard InChI is InChI=1S/C23H17N4S.Ir/c1-15-10-19(17-6-4-3-5-7-17)11-16(2)22(15)27-23(24-13-26-27)18-8-9-20-21(12-18)28-14-25-20;/h3-7,9-14H,1-2H3;/q-1;. The number of aryl methyl sites for hydroxylation is 2. The fraction of sp³-hybridized carbons (Fsp3) is 0.0870. The summed E-state index contributed by atoms with van der Waals surface area (Å²) in [5, 5.41) is 4.53. The third kappa shape index (κ3) is 3.55. The zero-order chi connectivity index (χ0) is 19.1. The van der Waals surface area contributed by atoms with Crippen molar-refractivity contribution in [3.63, 3.8) is 0 Å². The summed E-state index contributed by atoms with van der Waals surface area (Å²) in [4.78, 5) is 8.85. The van der Waals surface area contributed by atoms with E-state index >= 15 is 0 Å². The van der Waals surface area contributed by atoms with Crippen molar-refractivity contribution in [3.8, 4) is 28.2 Å². The molecule has 0 aliphatic carbocycles. The van der Waals surface area contributed by atoms with E-state index in [0.717, 1.165) is 38.4 Å². The fourth-order valence-electron chi connectivity index (χ4n) is 3.60. The molecule has 1 radical (unpaired) electrons. The molecule has 29 heavy (non-hydrogen) atoms. The molecule has 0 amide bonds. The second kappa shape index (κ2) is 7.99. The zero-order valence-electron chi connectivity index (χ0n) is 15.9. The van der Waals surface area contributed by atoms with Gasteiger partial charge in [0.1, 0.15) is 6.33 Å². The van der Waals surface area contributed by atoms with Gasteiger partial charge in [-0.15, -0.1) is 35.1 Å². The van der Waals surface area contributed by atoms with Gasteiger partial charge in [0.15, 0.2) is 0 Å². The Balaban J connectivity index is 0.00000205. The van der Waals surface area contributed by atoms with E-state index in [0.29, 0.717) is 0 Å². The Morgan fingerprint density at radius 1 is 0.931 bits per heavy atom. The van der Waals surface area contributed by atoms with Crippen LogP contribution in [0.25, 0.3) is 38.4 Å². The van der Waals surface area contributed by atoms with E-state index in [1.165, 1.54) is 11.1 Å². The molecular formula is C23H17IrN4S-. The van der Waals surface area contributed by atoms with Gasteiger partial charge in [-0.25, -0.2) is 0 Å². The minimum absolute atomic E-state index is 0. The zero-order valence-corrected chi connectivity index (χ0v) is 19.1. The van der Waals surface area contributed by atoms with Crippen molar-refractivity contribution in [3.05, 3.63) is 83.6 Å². The Kier molecular flexibility index (Phi) is 5.41. The summed E-state index contributed by atoms with van der Waals surface area (Å²) in [6, 6.07) is 22.1. The minimum atomic E-state index is 0. The molecule has 0 aliphatic rings. The molecule has 0 spiro atoms. The van der Waals surface area contributed by atoms with Crippen LogP contribution in [0.5, 0.6) is 0 Å². The molecule has 145 valence electrons. The maximum Gasteiger partial charge on any atom is 0.127 e. The summed E-state index contributed by atoms with van der Waals surface area (Å²) in [7, 11) is 0. The first-order valence-corrected chi connectivity index (χ1v) is 9.91. The number of benzene rings is 3. The fourth-order valence-corrected chi connectivity index (χ4v) is 4.30. The van der Waals surface area contributed by atoms with Crippen molar-refractivity contribution in [1.29, 1.82) is 0 Å². The molecule has 0 unspecified atom stereocenters. The normalized spacial score (nSPS) is 10.8. The van der Waals surface area contributed by atoms with Gasteiger partial charge < -0.3 is 0 Å². The molecule has 0 bridgehead atoms.